The van der Waals surface area contributed by atoms with Gasteiger partial charge in [0, 0.05) is 24.9 Å². The lowest BCUT2D eigenvalue weighted by atomic mass is 10.1. The van der Waals surface area contributed by atoms with Crippen LogP contribution in [0.3, 0.4) is 0 Å². The van der Waals surface area contributed by atoms with Crippen LogP contribution in [0, 0.1) is 0 Å². The largest absolute Gasteiger partial charge is 0.382 e. The number of hydrogen-bond acceptors (Lipinski definition) is 4. The molecule has 0 heterocycles. The van der Waals surface area contributed by atoms with E-state index in [-0.39, 0.29) is 11.9 Å². The molecule has 0 aliphatic carbocycles. The average molecular weight is 279 g/mol. The molecule has 1 aromatic carbocycles. The van der Waals surface area contributed by atoms with Crippen LogP contribution in [0.5, 0.6) is 0 Å². The smallest absolute Gasteiger partial charge is 0.236 e. The summed E-state index contributed by atoms with van der Waals surface area (Å²) in [5.74, 6) is -0.170. The summed E-state index contributed by atoms with van der Waals surface area (Å²) >= 11 is 0. The molecule has 0 amide bonds. The molecule has 0 radical (unpaired) electrons. The molecule has 0 saturated heterocycles. The van der Waals surface area contributed by atoms with Crippen LogP contribution in [0.15, 0.2) is 24.3 Å². The van der Waals surface area contributed by atoms with Crippen molar-refractivity contribution in [2.75, 3.05) is 20.8 Å². The molecule has 0 aromatic heterocycles. The molecule has 17 heavy (non-hydrogen) atoms. The third-order valence-electron chi connectivity index (χ3n) is 2.29. The molecular weight excluding hydrogens is 264 g/mol. The number of benzene rings is 1. The van der Waals surface area contributed by atoms with Gasteiger partial charge in [-0.3, -0.25) is 0 Å². The van der Waals surface area contributed by atoms with Crippen molar-refractivity contribution in [3.63, 3.8) is 0 Å². The summed E-state index contributed by atoms with van der Waals surface area (Å²) in [7, 11) is 4.86. The standard InChI is InChI=1S/C11H15ClO4S/c1-15-7-11(16-2)10-5-3-9(4-6-10)8-17(12,13)14/h3-6,11H,7-8H2,1-2H3. The first-order valence-electron chi connectivity index (χ1n) is 4.99. The molecule has 0 spiro atoms. The summed E-state index contributed by atoms with van der Waals surface area (Å²) in [6, 6.07) is 7.06. The molecule has 0 saturated carbocycles. The summed E-state index contributed by atoms with van der Waals surface area (Å²) in [6.07, 6.45) is -0.151. The molecule has 1 aromatic rings. The van der Waals surface area contributed by atoms with Crippen molar-refractivity contribution in [2.24, 2.45) is 0 Å². The maximum atomic E-state index is 10.9. The van der Waals surface area contributed by atoms with Crippen molar-refractivity contribution in [1.82, 2.24) is 0 Å². The number of hydrogen-bond donors (Lipinski definition) is 0. The zero-order valence-electron chi connectivity index (χ0n) is 9.72. The lowest BCUT2D eigenvalue weighted by Gasteiger charge is -2.14. The summed E-state index contributed by atoms with van der Waals surface area (Å²) in [6.45, 7) is 0.448. The molecule has 1 rings (SSSR count). The van der Waals surface area contributed by atoms with Crippen molar-refractivity contribution in [2.45, 2.75) is 11.9 Å². The SMILES string of the molecule is COCC(OC)c1ccc(CS(=O)(=O)Cl)cc1. The Kier molecular flexibility index (Phi) is 5.39. The Balaban J connectivity index is 2.80. The normalized spacial score (nSPS) is 13.6. The van der Waals surface area contributed by atoms with Crippen molar-refractivity contribution >= 4 is 19.7 Å². The van der Waals surface area contributed by atoms with Crippen LogP contribution in [0.1, 0.15) is 17.2 Å². The first-order chi connectivity index (χ1) is 7.96. The molecule has 1 unspecified atom stereocenters. The second-order valence-electron chi connectivity index (χ2n) is 3.60. The summed E-state index contributed by atoms with van der Waals surface area (Å²) in [5, 5.41) is 0. The molecule has 0 aliphatic heterocycles. The second kappa shape index (κ2) is 6.35. The van der Waals surface area contributed by atoms with Gasteiger partial charge in [-0.1, -0.05) is 24.3 Å². The summed E-state index contributed by atoms with van der Waals surface area (Å²) in [5.41, 5.74) is 1.58. The monoisotopic (exact) mass is 278 g/mol. The minimum Gasteiger partial charge on any atom is -0.382 e. The van der Waals surface area contributed by atoms with Crippen molar-refractivity contribution in [1.29, 1.82) is 0 Å². The third kappa shape index (κ3) is 5.04. The number of methoxy groups -OCH3 is 2. The van der Waals surface area contributed by atoms with Crippen molar-refractivity contribution < 1.29 is 17.9 Å². The molecule has 0 fully saturated rings. The highest BCUT2D eigenvalue weighted by atomic mass is 35.7. The average Bonchev–Trinajstić information content (AvgIpc) is 2.25. The van der Waals surface area contributed by atoms with Crippen molar-refractivity contribution in [3.8, 4) is 0 Å². The lowest BCUT2D eigenvalue weighted by molar-refractivity contribution is 0.0275. The highest BCUT2D eigenvalue weighted by Crippen LogP contribution is 2.19. The van der Waals surface area contributed by atoms with E-state index in [0.29, 0.717) is 12.2 Å². The molecule has 0 bridgehead atoms. The van der Waals surface area contributed by atoms with E-state index in [4.69, 9.17) is 20.2 Å². The van der Waals surface area contributed by atoms with Crippen LogP contribution in [0.2, 0.25) is 0 Å². The third-order valence-corrected chi connectivity index (χ3v) is 3.30. The molecule has 0 aliphatic rings. The van der Waals surface area contributed by atoms with Crippen LogP contribution >= 0.6 is 10.7 Å². The van der Waals surface area contributed by atoms with E-state index in [2.05, 4.69) is 0 Å². The van der Waals surface area contributed by atoms with E-state index in [1.807, 2.05) is 12.1 Å². The summed E-state index contributed by atoms with van der Waals surface area (Å²) < 4.78 is 32.1. The fourth-order valence-corrected chi connectivity index (χ4v) is 2.45. The van der Waals surface area contributed by atoms with Gasteiger partial charge in [0.2, 0.25) is 9.05 Å². The van der Waals surface area contributed by atoms with Gasteiger partial charge in [0.05, 0.1) is 12.4 Å². The quantitative estimate of drug-likeness (QED) is 0.748. The fraction of sp³-hybridized carbons (Fsp3) is 0.455. The van der Waals surface area contributed by atoms with Gasteiger partial charge in [-0.25, -0.2) is 8.42 Å². The maximum absolute atomic E-state index is 10.9. The van der Waals surface area contributed by atoms with E-state index in [1.54, 1.807) is 26.4 Å². The van der Waals surface area contributed by atoms with E-state index in [1.165, 1.54) is 0 Å². The summed E-state index contributed by atoms with van der Waals surface area (Å²) in [4.78, 5) is 0. The minimum absolute atomic E-state index is 0.151. The maximum Gasteiger partial charge on any atom is 0.236 e. The molecular formula is C11H15ClO4S. The Labute approximate surface area is 106 Å². The van der Waals surface area contributed by atoms with Gasteiger partial charge >= 0.3 is 0 Å². The Morgan fingerprint density at radius 3 is 2.24 bits per heavy atom. The molecule has 6 heteroatoms. The van der Waals surface area contributed by atoms with Gasteiger partial charge < -0.3 is 9.47 Å². The van der Waals surface area contributed by atoms with Crippen LogP contribution in [-0.4, -0.2) is 29.2 Å². The van der Waals surface area contributed by atoms with Crippen LogP contribution in [-0.2, 0) is 24.3 Å². The Morgan fingerprint density at radius 2 is 1.82 bits per heavy atom. The zero-order valence-corrected chi connectivity index (χ0v) is 11.3. The molecule has 1 atom stereocenters. The first kappa shape index (κ1) is 14.4. The highest BCUT2D eigenvalue weighted by molar-refractivity contribution is 8.13. The predicted octanol–water partition coefficient (Wildman–Crippen LogP) is 2.09. The zero-order chi connectivity index (χ0) is 12.9. The van der Waals surface area contributed by atoms with Crippen LogP contribution < -0.4 is 0 Å². The lowest BCUT2D eigenvalue weighted by Crippen LogP contribution is -2.08. The van der Waals surface area contributed by atoms with Gasteiger partial charge in [-0.2, -0.15) is 0 Å². The van der Waals surface area contributed by atoms with E-state index >= 15 is 0 Å². The molecule has 0 N–H and O–H groups in total. The highest BCUT2D eigenvalue weighted by Gasteiger charge is 2.11. The fourth-order valence-electron chi connectivity index (χ4n) is 1.48. The van der Waals surface area contributed by atoms with Crippen molar-refractivity contribution in [3.05, 3.63) is 35.4 Å². The number of halogens is 1. The first-order valence-corrected chi connectivity index (χ1v) is 7.47. The van der Waals surface area contributed by atoms with E-state index in [9.17, 15) is 8.42 Å². The number of rotatable bonds is 6. The van der Waals surface area contributed by atoms with Gasteiger partial charge in [-0.05, 0) is 11.1 Å². The second-order valence-corrected chi connectivity index (χ2v) is 6.38. The molecule has 4 nitrogen and oxygen atoms in total. The Morgan fingerprint density at radius 1 is 1.24 bits per heavy atom. The molecule has 96 valence electrons. The predicted molar refractivity (Wildman–Crippen MR) is 66.5 cm³/mol. The van der Waals surface area contributed by atoms with Gasteiger partial charge in [0.25, 0.3) is 0 Å². The van der Waals surface area contributed by atoms with Gasteiger partial charge in [0.1, 0.15) is 6.10 Å². The van der Waals surface area contributed by atoms with Gasteiger partial charge in [-0.15, -0.1) is 0 Å². The van der Waals surface area contributed by atoms with Gasteiger partial charge in [0.15, 0.2) is 0 Å². The Bertz CT molecular complexity index is 441. The van der Waals surface area contributed by atoms with E-state index in [0.717, 1.165) is 5.56 Å². The number of ether oxygens (including phenoxy) is 2. The Hall–Kier alpha value is -0.620. The van der Waals surface area contributed by atoms with Crippen LogP contribution in [0.4, 0.5) is 0 Å². The van der Waals surface area contributed by atoms with Crippen LogP contribution in [0.25, 0.3) is 0 Å². The minimum atomic E-state index is -3.51. The van der Waals surface area contributed by atoms with E-state index < -0.39 is 9.05 Å². The topological polar surface area (TPSA) is 52.6 Å².